The Labute approximate surface area is 113 Å². The summed E-state index contributed by atoms with van der Waals surface area (Å²) >= 11 is 3.51. The molecule has 1 saturated heterocycles. The molecule has 94 valence electrons. The Morgan fingerprint density at radius 3 is 2.83 bits per heavy atom. The summed E-state index contributed by atoms with van der Waals surface area (Å²) in [6.07, 6.45) is 1.50. The van der Waals surface area contributed by atoms with E-state index in [9.17, 15) is 9.59 Å². The molecule has 2 atom stereocenters. The van der Waals surface area contributed by atoms with E-state index in [1.54, 1.807) is 7.11 Å². The summed E-state index contributed by atoms with van der Waals surface area (Å²) in [4.78, 5) is 23.7. The van der Waals surface area contributed by atoms with Crippen LogP contribution in [0.3, 0.4) is 0 Å². The first-order chi connectivity index (χ1) is 8.63. The summed E-state index contributed by atoms with van der Waals surface area (Å²) in [6.45, 7) is 0. The number of ether oxygens (including phenoxy) is 1. The van der Waals surface area contributed by atoms with Crippen LogP contribution < -0.4 is 10.1 Å². The molecule has 2 unspecified atom stereocenters. The molecule has 0 aromatic heterocycles. The normalized spacial score (nSPS) is 25.4. The lowest BCUT2D eigenvalue weighted by atomic mass is 9.76. The lowest BCUT2D eigenvalue weighted by Gasteiger charge is -2.27. The molecule has 4 nitrogen and oxygen atoms in total. The number of imide groups is 1. The molecular weight excluding hydrogens is 298 g/mol. The van der Waals surface area contributed by atoms with Crippen molar-refractivity contribution in [2.45, 2.75) is 18.8 Å². The number of fused-ring (bicyclic) bond motifs is 3. The average molecular weight is 310 g/mol. The molecule has 5 heteroatoms. The van der Waals surface area contributed by atoms with Crippen LogP contribution in [0.2, 0.25) is 0 Å². The van der Waals surface area contributed by atoms with E-state index in [4.69, 9.17) is 4.74 Å². The molecule has 0 bridgehead atoms. The van der Waals surface area contributed by atoms with Gasteiger partial charge in [-0.15, -0.1) is 0 Å². The summed E-state index contributed by atoms with van der Waals surface area (Å²) in [5.74, 6) is -0.310. The molecule has 3 rings (SSSR count). The second-order valence-electron chi connectivity index (χ2n) is 4.62. The fraction of sp³-hybridized carbons (Fsp3) is 0.385. The number of benzene rings is 1. The number of halogens is 1. The predicted octanol–water partition coefficient (Wildman–Crippen LogP) is 1.76. The number of carbonyl (C=O) groups is 2. The van der Waals surface area contributed by atoms with Gasteiger partial charge in [0.05, 0.1) is 18.9 Å². The van der Waals surface area contributed by atoms with Gasteiger partial charge in [0.1, 0.15) is 5.75 Å². The fourth-order valence-corrected chi connectivity index (χ4v) is 3.49. The smallest absolute Gasteiger partial charge is 0.235 e. The monoisotopic (exact) mass is 309 g/mol. The van der Waals surface area contributed by atoms with Gasteiger partial charge in [-0.2, -0.15) is 0 Å². The van der Waals surface area contributed by atoms with Gasteiger partial charge in [-0.3, -0.25) is 14.9 Å². The van der Waals surface area contributed by atoms with Crippen LogP contribution in [0.1, 0.15) is 23.5 Å². The molecule has 1 fully saturated rings. The zero-order valence-corrected chi connectivity index (χ0v) is 11.4. The molecule has 0 radical (unpaired) electrons. The molecule has 2 aliphatic rings. The Balaban J connectivity index is 2.21. The zero-order chi connectivity index (χ0) is 12.9. The van der Waals surface area contributed by atoms with Crippen LogP contribution in [0.15, 0.2) is 16.6 Å². The maximum atomic E-state index is 12.0. The van der Waals surface area contributed by atoms with E-state index in [1.165, 1.54) is 0 Å². The minimum absolute atomic E-state index is 0.155. The van der Waals surface area contributed by atoms with Crippen molar-refractivity contribution < 1.29 is 14.3 Å². The van der Waals surface area contributed by atoms with Gasteiger partial charge in [0, 0.05) is 10.0 Å². The largest absolute Gasteiger partial charge is 0.496 e. The maximum Gasteiger partial charge on any atom is 0.235 e. The third-order valence-corrected chi connectivity index (χ3v) is 4.51. The third kappa shape index (κ3) is 1.50. The molecule has 18 heavy (non-hydrogen) atoms. The van der Waals surface area contributed by atoms with Crippen molar-refractivity contribution in [3.8, 4) is 5.75 Å². The highest BCUT2D eigenvalue weighted by molar-refractivity contribution is 9.10. The Hall–Kier alpha value is -1.36. The lowest BCUT2D eigenvalue weighted by Crippen LogP contribution is -2.24. The Kier molecular flexibility index (Phi) is 2.66. The van der Waals surface area contributed by atoms with Crippen molar-refractivity contribution >= 4 is 27.7 Å². The molecule has 1 heterocycles. The van der Waals surface area contributed by atoms with Crippen LogP contribution in [0.5, 0.6) is 5.75 Å². The zero-order valence-electron chi connectivity index (χ0n) is 9.83. The molecule has 1 aromatic carbocycles. The molecule has 1 aliphatic carbocycles. The number of methoxy groups -OCH3 is 1. The first-order valence-electron chi connectivity index (χ1n) is 5.83. The quantitative estimate of drug-likeness (QED) is 0.804. The molecule has 1 aromatic rings. The second kappa shape index (κ2) is 4.09. The van der Waals surface area contributed by atoms with Gasteiger partial charge in [-0.25, -0.2) is 0 Å². The highest BCUT2D eigenvalue weighted by Crippen LogP contribution is 2.46. The summed E-state index contributed by atoms with van der Waals surface area (Å²) in [7, 11) is 1.59. The van der Waals surface area contributed by atoms with Crippen LogP contribution in [0.25, 0.3) is 0 Å². The summed E-state index contributed by atoms with van der Waals surface area (Å²) in [5, 5.41) is 2.42. The van der Waals surface area contributed by atoms with Gasteiger partial charge in [0.15, 0.2) is 0 Å². The average Bonchev–Trinajstić information content (AvgIpc) is 2.66. The Morgan fingerprint density at radius 1 is 1.33 bits per heavy atom. The minimum Gasteiger partial charge on any atom is -0.496 e. The van der Waals surface area contributed by atoms with Crippen molar-refractivity contribution in [2.75, 3.05) is 7.11 Å². The van der Waals surface area contributed by atoms with Crippen LogP contribution in [0.4, 0.5) is 0 Å². The lowest BCUT2D eigenvalue weighted by molar-refractivity contribution is -0.125. The van der Waals surface area contributed by atoms with E-state index < -0.39 is 5.92 Å². The van der Waals surface area contributed by atoms with Crippen molar-refractivity contribution in [1.29, 1.82) is 0 Å². The number of nitrogens with one attached hydrogen (secondary N) is 1. The maximum absolute atomic E-state index is 12.0. The fourth-order valence-electron chi connectivity index (χ4n) is 2.95. The van der Waals surface area contributed by atoms with Crippen molar-refractivity contribution in [3.63, 3.8) is 0 Å². The van der Waals surface area contributed by atoms with Crippen molar-refractivity contribution in [1.82, 2.24) is 5.32 Å². The second-order valence-corrected chi connectivity index (χ2v) is 5.47. The molecule has 2 amide bonds. The SMILES string of the molecule is COc1ccc(Br)c2c1C1C(=O)NC(=O)C1CC2. The first-order valence-corrected chi connectivity index (χ1v) is 6.62. The van der Waals surface area contributed by atoms with E-state index in [0.717, 1.165) is 22.0 Å². The Bertz CT molecular complexity index is 555. The van der Waals surface area contributed by atoms with E-state index in [1.807, 2.05) is 12.1 Å². The standard InChI is InChI=1S/C13H12BrNO3/c1-18-9-5-4-8(14)6-2-3-7-11(10(6)9)13(17)15-12(7)16/h4-5,7,11H,2-3H2,1H3,(H,15,16,17). The van der Waals surface area contributed by atoms with Gasteiger partial charge in [-0.1, -0.05) is 15.9 Å². The molecule has 1 aliphatic heterocycles. The van der Waals surface area contributed by atoms with E-state index in [0.29, 0.717) is 12.2 Å². The molecular formula is C13H12BrNO3. The Morgan fingerprint density at radius 2 is 2.11 bits per heavy atom. The van der Waals surface area contributed by atoms with Gasteiger partial charge in [0.25, 0.3) is 0 Å². The third-order valence-electron chi connectivity index (χ3n) is 3.76. The number of rotatable bonds is 1. The van der Waals surface area contributed by atoms with Gasteiger partial charge >= 0.3 is 0 Å². The van der Waals surface area contributed by atoms with Gasteiger partial charge in [0.2, 0.25) is 11.8 Å². The van der Waals surface area contributed by atoms with Crippen LogP contribution in [-0.2, 0) is 16.0 Å². The summed E-state index contributed by atoms with van der Waals surface area (Å²) < 4.78 is 6.32. The van der Waals surface area contributed by atoms with Crippen LogP contribution >= 0.6 is 15.9 Å². The highest BCUT2D eigenvalue weighted by atomic mass is 79.9. The van der Waals surface area contributed by atoms with E-state index in [-0.39, 0.29) is 17.7 Å². The number of hydrogen-bond acceptors (Lipinski definition) is 3. The predicted molar refractivity (Wildman–Crippen MR) is 68.4 cm³/mol. The van der Waals surface area contributed by atoms with Crippen molar-refractivity contribution in [2.24, 2.45) is 5.92 Å². The summed E-state index contributed by atoms with van der Waals surface area (Å²) in [5.41, 5.74) is 1.95. The van der Waals surface area contributed by atoms with Gasteiger partial charge in [-0.05, 0) is 30.5 Å². The highest BCUT2D eigenvalue weighted by Gasteiger charge is 2.47. The number of hydrogen-bond donors (Lipinski definition) is 1. The first kappa shape index (κ1) is 11.7. The van der Waals surface area contributed by atoms with E-state index >= 15 is 0 Å². The van der Waals surface area contributed by atoms with Crippen molar-refractivity contribution in [3.05, 3.63) is 27.7 Å². The molecule has 0 saturated carbocycles. The molecule has 0 spiro atoms. The molecule has 1 N–H and O–H groups in total. The van der Waals surface area contributed by atoms with Crippen LogP contribution in [-0.4, -0.2) is 18.9 Å². The van der Waals surface area contributed by atoms with Crippen LogP contribution in [0, 0.1) is 5.92 Å². The summed E-state index contributed by atoms with van der Waals surface area (Å²) in [6, 6.07) is 3.76. The number of carbonyl (C=O) groups excluding carboxylic acids is 2. The topological polar surface area (TPSA) is 55.4 Å². The van der Waals surface area contributed by atoms with E-state index in [2.05, 4.69) is 21.2 Å². The number of amides is 2. The minimum atomic E-state index is -0.395. The van der Waals surface area contributed by atoms with Gasteiger partial charge < -0.3 is 4.74 Å².